The summed E-state index contributed by atoms with van der Waals surface area (Å²) in [4.78, 5) is 0. The van der Waals surface area contributed by atoms with Gasteiger partial charge in [-0.1, -0.05) is 42.5 Å². The Labute approximate surface area is 97.2 Å². The van der Waals surface area contributed by atoms with E-state index in [2.05, 4.69) is 24.3 Å². The number of nitriles is 1. The Morgan fingerprint density at radius 1 is 1.19 bits per heavy atom. The van der Waals surface area contributed by atoms with Gasteiger partial charge in [-0.15, -0.1) is 0 Å². The molecule has 2 heteroatoms. The van der Waals surface area contributed by atoms with Gasteiger partial charge in [0.1, 0.15) is 0 Å². The van der Waals surface area contributed by atoms with Crippen molar-refractivity contribution in [2.75, 3.05) is 13.2 Å². The first-order chi connectivity index (χ1) is 7.93. The minimum atomic E-state index is 0.628. The summed E-state index contributed by atoms with van der Waals surface area (Å²) in [5, 5.41) is 8.33. The second kappa shape index (κ2) is 8.70. The molecule has 0 saturated heterocycles. The van der Waals surface area contributed by atoms with Gasteiger partial charge in [-0.3, -0.25) is 0 Å². The van der Waals surface area contributed by atoms with Crippen LogP contribution in [-0.4, -0.2) is 13.2 Å². The summed E-state index contributed by atoms with van der Waals surface area (Å²) in [5.41, 5.74) is 1.19. The van der Waals surface area contributed by atoms with Crippen LogP contribution in [0.2, 0.25) is 0 Å². The molecule has 1 aromatic rings. The number of hydrogen-bond donors (Lipinski definition) is 0. The quantitative estimate of drug-likeness (QED) is 0.653. The number of ether oxygens (including phenoxy) is 1. The SMILES string of the molecule is N#CCCCCOCC=Cc1ccccc1. The summed E-state index contributed by atoms with van der Waals surface area (Å²) in [7, 11) is 0. The predicted octanol–water partition coefficient (Wildman–Crippen LogP) is 3.41. The highest BCUT2D eigenvalue weighted by atomic mass is 16.5. The van der Waals surface area contributed by atoms with Gasteiger partial charge in [-0.05, 0) is 18.4 Å². The number of rotatable bonds is 7. The van der Waals surface area contributed by atoms with E-state index in [1.807, 2.05) is 24.3 Å². The molecule has 0 atom stereocenters. The van der Waals surface area contributed by atoms with Gasteiger partial charge in [0.05, 0.1) is 12.7 Å². The van der Waals surface area contributed by atoms with E-state index in [1.165, 1.54) is 5.56 Å². The number of nitrogens with zero attached hydrogens (tertiary/aromatic N) is 1. The molecule has 1 rings (SSSR count). The summed E-state index contributed by atoms with van der Waals surface area (Å²) >= 11 is 0. The lowest BCUT2D eigenvalue weighted by Crippen LogP contribution is -1.93. The molecule has 0 aliphatic heterocycles. The summed E-state index contributed by atoms with van der Waals surface area (Å²) in [6.07, 6.45) is 6.59. The molecule has 0 heterocycles. The molecule has 0 N–H and O–H groups in total. The molecule has 0 amide bonds. The van der Waals surface area contributed by atoms with Gasteiger partial charge < -0.3 is 4.74 Å². The highest BCUT2D eigenvalue weighted by molar-refractivity contribution is 5.48. The fraction of sp³-hybridized carbons (Fsp3) is 0.357. The molecule has 0 saturated carbocycles. The van der Waals surface area contributed by atoms with Crippen molar-refractivity contribution in [2.24, 2.45) is 0 Å². The zero-order valence-electron chi connectivity index (χ0n) is 9.43. The predicted molar refractivity (Wildman–Crippen MR) is 65.8 cm³/mol. The molecule has 84 valence electrons. The van der Waals surface area contributed by atoms with Crippen LogP contribution in [-0.2, 0) is 4.74 Å². The normalized spacial score (nSPS) is 10.4. The monoisotopic (exact) mass is 215 g/mol. The van der Waals surface area contributed by atoms with Gasteiger partial charge in [0.15, 0.2) is 0 Å². The van der Waals surface area contributed by atoms with Crippen molar-refractivity contribution < 1.29 is 4.74 Å². The highest BCUT2D eigenvalue weighted by Gasteiger charge is 1.87. The Hall–Kier alpha value is -1.59. The maximum atomic E-state index is 8.33. The minimum Gasteiger partial charge on any atom is -0.377 e. The third-order valence-corrected chi connectivity index (χ3v) is 2.15. The van der Waals surface area contributed by atoms with Crippen molar-refractivity contribution in [3.8, 4) is 6.07 Å². The van der Waals surface area contributed by atoms with Gasteiger partial charge in [0.2, 0.25) is 0 Å². The van der Waals surface area contributed by atoms with E-state index in [4.69, 9.17) is 10.00 Å². The van der Waals surface area contributed by atoms with Crippen LogP contribution in [0, 0.1) is 11.3 Å². The maximum absolute atomic E-state index is 8.33. The standard InChI is InChI=1S/C14H17NO/c15-11-5-2-6-12-16-13-7-10-14-8-3-1-4-9-14/h1,3-4,7-10H,2,5-6,12-13H2. The number of benzene rings is 1. The lowest BCUT2D eigenvalue weighted by molar-refractivity contribution is 0.158. The largest absolute Gasteiger partial charge is 0.377 e. The van der Waals surface area contributed by atoms with E-state index < -0.39 is 0 Å². The number of hydrogen-bond acceptors (Lipinski definition) is 2. The van der Waals surface area contributed by atoms with Crippen molar-refractivity contribution >= 4 is 6.08 Å². The van der Waals surface area contributed by atoms with Crippen LogP contribution in [0.1, 0.15) is 24.8 Å². The van der Waals surface area contributed by atoms with Crippen LogP contribution in [0.25, 0.3) is 6.08 Å². The van der Waals surface area contributed by atoms with E-state index >= 15 is 0 Å². The molecule has 0 spiro atoms. The molecule has 0 aromatic heterocycles. The Balaban J connectivity index is 2.03. The Kier molecular flexibility index (Phi) is 6.78. The average molecular weight is 215 g/mol. The zero-order valence-corrected chi connectivity index (χ0v) is 9.43. The molecule has 0 bridgehead atoms. The second-order valence-electron chi connectivity index (χ2n) is 3.50. The Bertz CT molecular complexity index is 338. The van der Waals surface area contributed by atoms with Gasteiger partial charge in [-0.25, -0.2) is 0 Å². The van der Waals surface area contributed by atoms with Crippen molar-refractivity contribution in [1.29, 1.82) is 5.26 Å². The first-order valence-corrected chi connectivity index (χ1v) is 5.60. The van der Waals surface area contributed by atoms with Crippen LogP contribution in [0.4, 0.5) is 0 Å². The molecule has 0 aliphatic carbocycles. The van der Waals surface area contributed by atoms with Gasteiger partial charge >= 0.3 is 0 Å². The molecule has 0 unspecified atom stereocenters. The van der Waals surface area contributed by atoms with Crippen molar-refractivity contribution in [1.82, 2.24) is 0 Å². The van der Waals surface area contributed by atoms with E-state index in [1.54, 1.807) is 0 Å². The fourth-order valence-electron chi connectivity index (χ4n) is 1.31. The highest BCUT2D eigenvalue weighted by Crippen LogP contribution is 2.01. The van der Waals surface area contributed by atoms with Gasteiger partial charge in [-0.2, -0.15) is 5.26 Å². The Morgan fingerprint density at radius 3 is 2.75 bits per heavy atom. The fourth-order valence-corrected chi connectivity index (χ4v) is 1.31. The summed E-state index contributed by atoms with van der Waals surface area (Å²) in [6.45, 7) is 1.38. The smallest absolute Gasteiger partial charge is 0.0650 e. The number of unbranched alkanes of at least 4 members (excludes halogenated alkanes) is 2. The molecule has 0 aliphatic rings. The average Bonchev–Trinajstić information content (AvgIpc) is 2.34. The molecular formula is C14H17NO. The van der Waals surface area contributed by atoms with Crippen molar-refractivity contribution in [3.05, 3.63) is 42.0 Å². The minimum absolute atomic E-state index is 0.628. The van der Waals surface area contributed by atoms with E-state index in [9.17, 15) is 0 Å². The second-order valence-corrected chi connectivity index (χ2v) is 3.50. The first kappa shape index (κ1) is 12.5. The van der Waals surface area contributed by atoms with E-state index in [-0.39, 0.29) is 0 Å². The van der Waals surface area contributed by atoms with Crippen LogP contribution in [0.3, 0.4) is 0 Å². The summed E-state index contributed by atoms with van der Waals surface area (Å²) in [6, 6.07) is 12.3. The van der Waals surface area contributed by atoms with Crippen LogP contribution in [0.15, 0.2) is 36.4 Å². The van der Waals surface area contributed by atoms with E-state index in [0.29, 0.717) is 13.0 Å². The van der Waals surface area contributed by atoms with Gasteiger partial charge in [0, 0.05) is 13.0 Å². The summed E-state index contributed by atoms with van der Waals surface area (Å²) in [5.74, 6) is 0. The van der Waals surface area contributed by atoms with Crippen LogP contribution in [0.5, 0.6) is 0 Å². The molecule has 0 fully saturated rings. The molecule has 2 nitrogen and oxygen atoms in total. The third-order valence-electron chi connectivity index (χ3n) is 2.15. The van der Waals surface area contributed by atoms with Crippen molar-refractivity contribution in [3.63, 3.8) is 0 Å². The van der Waals surface area contributed by atoms with Crippen LogP contribution >= 0.6 is 0 Å². The van der Waals surface area contributed by atoms with Crippen LogP contribution < -0.4 is 0 Å². The van der Waals surface area contributed by atoms with Crippen molar-refractivity contribution in [2.45, 2.75) is 19.3 Å². The third kappa shape index (κ3) is 6.00. The zero-order chi connectivity index (χ0) is 11.5. The lowest BCUT2D eigenvalue weighted by Gasteiger charge is -1.98. The molecule has 0 radical (unpaired) electrons. The lowest BCUT2D eigenvalue weighted by atomic mass is 10.2. The molecule has 16 heavy (non-hydrogen) atoms. The van der Waals surface area contributed by atoms with E-state index in [0.717, 1.165) is 19.4 Å². The topological polar surface area (TPSA) is 33.0 Å². The first-order valence-electron chi connectivity index (χ1n) is 5.60. The maximum Gasteiger partial charge on any atom is 0.0650 e. The molecular weight excluding hydrogens is 198 g/mol. The Morgan fingerprint density at radius 2 is 2.00 bits per heavy atom. The summed E-state index contributed by atoms with van der Waals surface area (Å²) < 4.78 is 5.41. The molecule has 1 aromatic carbocycles. The van der Waals surface area contributed by atoms with Gasteiger partial charge in [0.25, 0.3) is 0 Å².